The summed E-state index contributed by atoms with van der Waals surface area (Å²) in [5.41, 5.74) is 8.55. The Bertz CT molecular complexity index is 983. The number of hydrogen-bond donors (Lipinski definition) is 3. The Morgan fingerprint density at radius 3 is 2.66 bits per heavy atom. The lowest BCUT2D eigenvalue weighted by Gasteiger charge is -2.08. The van der Waals surface area contributed by atoms with Gasteiger partial charge in [0, 0.05) is 16.4 Å². The summed E-state index contributed by atoms with van der Waals surface area (Å²) in [6, 6.07) is 15.0. The number of benzene rings is 2. The number of aryl methyl sites for hydroxylation is 1. The lowest BCUT2D eigenvalue weighted by molar-refractivity contribution is -0.113. The number of amides is 1. The molecule has 3 rings (SSSR count). The summed E-state index contributed by atoms with van der Waals surface area (Å²) >= 11 is 7.29. The molecule has 1 heterocycles. The highest BCUT2D eigenvalue weighted by molar-refractivity contribution is 7.99. The van der Waals surface area contributed by atoms with Gasteiger partial charge >= 0.3 is 0 Å². The molecule has 4 N–H and O–H groups in total. The molecule has 0 bridgehead atoms. The molecule has 0 aliphatic carbocycles. The second kappa shape index (κ2) is 10.1. The van der Waals surface area contributed by atoms with Gasteiger partial charge in [0.2, 0.25) is 17.8 Å². The van der Waals surface area contributed by atoms with Crippen molar-refractivity contribution in [3.05, 3.63) is 64.9 Å². The van der Waals surface area contributed by atoms with Crippen LogP contribution in [0.15, 0.2) is 48.5 Å². The average molecular weight is 429 g/mol. The number of hydrogen-bond acceptors (Lipinski definition) is 7. The zero-order valence-electron chi connectivity index (χ0n) is 15.9. The van der Waals surface area contributed by atoms with Crippen LogP contribution in [0, 0.1) is 0 Å². The third-order valence-corrected chi connectivity index (χ3v) is 5.06. The minimum absolute atomic E-state index is 0.0789. The predicted octanol–water partition coefficient (Wildman–Crippen LogP) is 4.29. The van der Waals surface area contributed by atoms with Crippen molar-refractivity contribution in [1.82, 2.24) is 15.0 Å². The fourth-order valence-electron chi connectivity index (χ4n) is 2.52. The van der Waals surface area contributed by atoms with Gasteiger partial charge in [-0.3, -0.25) is 4.79 Å². The fraction of sp³-hybridized carbons (Fsp3) is 0.200. The topological polar surface area (TPSA) is 106 Å². The van der Waals surface area contributed by atoms with Gasteiger partial charge in [-0.2, -0.15) is 15.0 Å². The number of nitrogens with zero attached hydrogens (tertiary/aromatic N) is 3. The third-order valence-electron chi connectivity index (χ3n) is 3.88. The quantitative estimate of drug-likeness (QED) is 0.491. The Kier molecular flexibility index (Phi) is 7.26. The largest absolute Gasteiger partial charge is 0.368 e. The fourth-order valence-corrected chi connectivity index (χ4v) is 3.32. The number of nitrogen functional groups attached to an aromatic ring is 1. The zero-order valence-corrected chi connectivity index (χ0v) is 17.4. The molecule has 0 fully saturated rings. The van der Waals surface area contributed by atoms with Crippen molar-refractivity contribution in [2.24, 2.45) is 0 Å². The van der Waals surface area contributed by atoms with Gasteiger partial charge in [0.1, 0.15) is 5.82 Å². The Labute approximate surface area is 178 Å². The summed E-state index contributed by atoms with van der Waals surface area (Å²) in [7, 11) is 0. The molecule has 1 aromatic heterocycles. The van der Waals surface area contributed by atoms with Gasteiger partial charge in [-0.1, -0.05) is 30.7 Å². The van der Waals surface area contributed by atoms with Crippen LogP contribution >= 0.6 is 23.4 Å². The van der Waals surface area contributed by atoms with E-state index in [0.717, 1.165) is 17.8 Å². The summed E-state index contributed by atoms with van der Waals surface area (Å²) in [4.78, 5) is 24.8. The lowest BCUT2D eigenvalue weighted by atomic mass is 10.1. The van der Waals surface area contributed by atoms with Crippen molar-refractivity contribution in [3.8, 4) is 0 Å². The highest BCUT2D eigenvalue weighted by atomic mass is 35.5. The second-order valence-corrected chi connectivity index (χ2v) is 7.58. The molecule has 29 heavy (non-hydrogen) atoms. The van der Waals surface area contributed by atoms with Gasteiger partial charge in [0.25, 0.3) is 0 Å². The van der Waals surface area contributed by atoms with Gasteiger partial charge in [-0.25, -0.2) is 0 Å². The van der Waals surface area contributed by atoms with E-state index >= 15 is 0 Å². The van der Waals surface area contributed by atoms with Gasteiger partial charge in [-0.15, -0.1) is 11.8 Å². The minimum Gasteiger partial charge on any atom is -0.368 e. The molecular formula is C20H21ClN6OS. The van der Waals surface area contributed by atoms with E-state index in [-0.39, 0.29) is 17.6 Å². The summed E-state index contributed by atoms with van der Waals surface area (Å²) < 4.78 is 0. The highest BCUT2D eigenvalue weighted by Crippen LogP contribution is 2.18. The van der Waals surface area contributed by atoms with Gasteiger partial charge < -0.3 is 16.4 Å². The molecule has 2 aromatic carbocycles. The Balaban J connectivity index is 1.54. The van der Waals surface area contributed by atoms with Crippen LogP contribution in [-0.2, 0) is 17.0 Å². The molecule has 9 heteroatoms. The van der Waals surface area contributed by atoms with Crippen molar-refractivity contribution < 1.29 is 4.79 Å². The Morgan fingerprint density at radius 2 is 1.90 bits per heavy atom. The van der Waals surface area contributed by atoms with Crippen LogP contribution in [0.5, 0.6) is 0 Å². The van der Waals surface area contributed by atoms with Crippen LogP contribution < -0.4 is 16.4 Å². The number of thioether (sulfide) groups is 1. The molecule has 0 radical (unpaired) electrons. The normalized spacial score (nSPS) is 10.6. The van der Waals surface area contributed by atoms with E-state index in [9.17, 15) is 4.79 Å². The third kappa shape index (κ3) is 6.62. The van der Waals surface area contributed by atoms with Crippen LogP contribution in [-0.4, -0.2) is 26.6 Å². The molecule has 3 aromatic rings. The molecule has 0 aliphatic heterocycles. The first kappa shape index (κ1) is 20.9. The molecule has 0 unspecified atom stereocenters. The zero-order chi connectivity index (χ0) is 20.6. The van der Waals surface area contributed by atoms with Crippen LogP contribution in [0.3, 0.4) is 0 Å². The van der Waals surface area contributed by atoms with E-state index in [1.807, 2.05) is 36.4 Å². The number of nitrogens with two attached hydrogens (primary N) is 1. The van der Waals surface area contributed by atoms with Gasteiger partial charge in [0.05, 0.1) is 11.5 Å². The van der Waals surface area contributed by atoms with Crippen LogP contribution in [0.1, 0.15) is 18.3 Å². The molecule has 0 aliphatic rings. The first-order valence-electron chi connectivity index (χ1n) is 9.01. The number of halogens is 1. The number of rotatable bonds is 8. The van der Waals surface area contributed by atoms with Crippen molar-refractivity contribution in [2.75, 3.05) is 22.1 Å². The monoisotopic (exact) mass is 428 g/mol. The standard InChI is InChI=1S/C20H21ClN6OS/c1-2-13-4-3-5-16(10-13)23-18(28)12-29-11-17-25-19(22)27-20(26-17)24-15-8-6-14(21)7-9-15/h3-10H,2,11-12H2,1H3,(H,23,28)(H3,22,24,25,26,27). The molecular weight excluding hydrogens is 408 g/mol. The number of carbonyl (C=O) groups excluding carboxylic acids is 1. The number of anilines is 4. The molecule has 0 spiro atoms. The number of carbonyl (C=O) groups is 1. The van der Waals surface area contributed by atoms with E-state index in [1.165, 1.54) is 17.3 Å². The maximum Gasteiger partial charge on any atom is 0.234 e. The average Bonchev–Trinajstić information content (AvgIpc) is 2.69. The molecule has 7 nitrogen and oxygen atoms in total. The van der Waals surface area contributed by atoms with Crippen molar-refractivity contribution in [2.45, 2.75) is 19.1 Å². The van der Waals surface area contributed by atoms with E-state index in [2.05, 4.69) is 32.5 Å². The summed E-state index contributed by atoms with van der Waals surface area (Å²) in [5, 5.41) is 6.61. The molecule has 150 valence electrons. The van der Waals surface area contributed by atoms with Crippen molar-refractivity contribution >= 4 is 52.5 Å². The van der Waals surface area contributed by atoms with Gasteiger partial charge in [0.15, 0.2) is 0 Å². The van der Waals surface area contributed by atoms with Crippen LogP contribution in [0.4, 0.5) is 23.3 Å². The lowest BCUT2D eigenvalue weighted by Crippen LogP contribution is -2.14. The molecule has 1 amide bonds. The van der Waals surface area contributed by atoms with E-state index < -0.39 is 0 Å². The Hall–Kier alpha value is -2.84. The predicted molar refractivity (Wildman–Crippen MR) is 120 cm³/mol. The first-order valence-corrected chi connectivity index (χ1v) is 10.5. The maximum atomic E-state index is 12.2. The van der Waals surface area contributed by atoms with E-state index in [4.69, 9.17) is 17.3 Å². The van der Waals surface area contributed by atoms with Crippen LogP contribution in [0.2, 0.25) is 5.02 Å². The van der Waals surface area contributed by atoms with Crippen molar-refractivity contribution in [1.29, 1.82) is 0 Å². The molecule has 0 saturated heterocycles. The second-order valence-electron chi connectivity index (χ2n) is 6.16. The SMILES string of the molecule is CCc1cccc(NC(=O)CSCc2nc(N)nc(Nc3ccc(Cl)cc3)n2)c1. The van der Waals surface area contributed by atoms with Crippen LogP contribution in [0.25, 0.3) is 0 Å². The summed E-state index contributed by atoms with van der Waals surface area (Å²) in [6.07, 6.45) is 0.922. The number of nitrogens with one attached hydrogen (secondary N) is 2. The summed E-state index contributed by atoms with van der Waals surface area (Å²) in [6.45, 7) is 2.08. The van der Waals surface area contributed by atoms with Gasteiger partial charge in [-0.05, 0) is 48.4 Å². The summed E-state index contributed by atoms with van der Waals surface area (Å²) in [5.74, 6) is 1.60. The molecule has 0 atom stereocenters. The Morgan fingerprint density at radius 1 is 1.10 bits per heavy atom. The smallest absolute Gasteiger partial charge is 0.234 e. The first-order chi connectivity index (χ1) is 14.0. The van der Waals surface area contributed by atoms with Crippen molar-refractivity contribution in [3.63, 3.8) is 0 Å². The maximum absolute atomic E-state index is 12.2. The van der Waals surface area contributed by atoms with E-state index in [0.29, 0.717) is 22.5 Å². The van der Waals surface area contributed by atoms with E-state index in [1.54, 1.807) is 12.1 Å². The molecule has 0 saturated carbocycles. The minimum atomic E-state index is -0.0789. The highest BCUT2D eigenvalue weighted by Gasteiger charge is 2.08. The number of aromatic nitrogens is 3.